The molecule has 0 aliphatic rings. The molecule has 0 bridgehead atoms. The van der Waals surface area contributed by atoms with Crippen LogP contribution in [-0.4, -0.2) is 69.3 Å². The summed E-state index contributed by atoms with van der Waals surface area (Å²) in [6.07, 6.45) is 15.0. The summed E-state index contributed by atoms with van der Waals surface area (Å²) in [4.78, 5) is 24.2. The van der Waals surface area contributed by atoms with E-state index in [1.165, 1.54) is 106 Å². The van der Waals surface area contributed by atoms with Gasteiger partial charge in [0.1, 0.15) is 5.75 Å². The minimum Gasteiger partial charge on any atom is -0.870 e. The second kappa shape index (κ2) is 25.3. The Balaban J connectivity index is 0.00000137. The van der Waals surface area contributed by atoms with Gasteiger partial charge in [0.15, 0.2) is 23.1 Å². The standard InChI is InChI=1S/C21H20O9S.C16H36N.Na/c1-28-20-11-14(5-9-18(20)24)3-7-16(22)13-17(23)8-4-15-6-10-19(21(12-15)29-2)30-31(25,26)27;1-5-9-13-17(14-10-6-2,15-11-7-3)16-12-8-4;/h3-12,24H,13H2,1-2H3,(H,25,26,27);5-16H2,1-4H3;/q;2*+1/p-2/b7-3+,8-4+;;/i1D3,2D3;;. The monoisotopic (exact) mass is 717 g/mol. The maximum absolute atomic E-state index is 12.1. The molecule has 0 radical (unpaired) electrons. The van der Waals surface area contributed by atoms with Gasteiger partial charge < -0.3 is 27.8 Å². The summed E-state index contributed by atoms with van der Waals surface area (Å²) in [5, 5.41) is 11.7. The summed E-state index contributed by atoms with van der Waals surface area (Å²) in [6.45, 7) is 15.0. The molecule has 2 rings (SSSR count). The van der Waals surface area contributed by atoms with Crippen molar-refractivity contribution in [2.75, 3.05) is 40.3 Å². The van der Waals surface area contributed by atoms with E-state index in [1.807, 2.05) is 0 Å². The Morgan fingerprint density at radius 3 is 1.59 bits per heavy atom. The van der Waals surface area contributed by atoms with E-state index in [2.05, 4.69) is 41.4 Å². The fraction of sp³-hybridized carbons (Fsp3) is 0.514. The number of quaternary nitrogens is 1. The number of methoxy groups -OCH3 is 2. The van der Waals surface area contributed by atoms with E-state index in [-0.39, 0.29) is 40.7 Å². The van der Waals surface area contributed by atoms with Crippen LogP contribution < -0.4 is 48.3 Å². The number of hydrogen-bond donors (Lipinski definition) is 0. The van der Waals surface area contributed by atoms with E-state index in [9.17, 15) is 27.7 Å². The minimum absolute atomic E-state index is 0. The Kier molecular flexibility index (Phi) is 18.7. The number of carbonyl (C=O) groups is 2. The number of ketones is 2. The summed E-state index contributed by atoms with van der Waals surface area (Å²) in [7, 11) is -11.1. The molecule has 49 heavy (non-hydrogen) atoms. The molecule has 0 atom stereocenters. The molecule has 12 heteroatoms. The first kappa shape index (κ1) is 36.1. The fourth-order valence-corrected chi connectivity index (χ4v) is 5.27. The molecule has 268 valence electrons. The van der Waals surface area contributed by atoms with E-state index < -0.39 is 65.5 Å². The van der Waals surface area contributed by atoms with Crippen molar-refractivity contribution in [1.82, 2.24) is 0 Å². The zero-order chi connectivity index (χ0) is 41.0. The van der Waals surface area contributed by atoms with Crippen molar-refractivity contribution in [2.24, 2.45) is 0 Å². The zero-order valence-corrected chi connectivity index (χ0v) is 32.3. The van der Waals surface area contributed by atoms with Gasteiger partial charge in [-0.15, -0.1) is 0 Å². The van der Waals surface area contributed by atoms with Crippen LogP contribution in [0.15, 0.2) is 48.6 Å². The SMILES string of the molecule is CCCC[N+](CCCC)(CCCC)CCCC.[2H]C([2H])([2H])Oc1cc(/C=C/C(=O)CC(=O)/C=C/c2ccc(OS(=O)(=O)[O-])c(OC([2H])([2H])[2H])c2)ccc1[O-].[Na+]. The van der Waals surface area contributed by atoms with Crippen LogP contribution in [-0.2, 0) is 20.0 Å². The van der Waals surface area contributed by atoms with Crippen molar-refractivity contribution in [1.29, 1.82) is 0 Å². The summed E-state index contributed by atoms with van der Waals surface area (Å²) in [5.41, 5.74) is 0.435. The third kappa shape index (κ3) is 19.3. The summed E-state index contributed by atoms with van der Waals surface area (Å²) >= 11 is 0. The van der Waals surface area contributed by atoms with Crippen molar-refractivity contribution in [3.8, 4) is 23.0 Å². The van der Waals surface area contributed by atoms with Crippen LogP contribution in [0, 0.1) is 0 Å². The van der Waals surface area contributed by atoms with Gasteiger partial charge in [-0.1, -0.05) is 89.5 Å². The van der Waals surface area contributed by atoms with Gasteiger partial charge in [-0.2, -0.15) is 0 Å². The largest absolute Gasteiger partial charge is 1.00 e. The van der Waals surface area contributed by atoms with Gasteiger partial charge in [0, 0.05) is 0 Å². The van der Waals surface area contributed by atoms with Gasteiger partial charge in [-0.05, 0) is 67.2 Å². The molecule has 0 spiro atoms. The van der Waals surface area contributed by atoms with Crippen LogP contribution in [0.25, 0.3) is 12.2 Å². The van der Waals surface area contributed by atoms with Crippen LogP contribution in [0.3, 0.4) is 0 Å². The first-order valence-corrected chi connectivity index (χ1v) is 17.7. The third-order valence-corrected chi connectivity index (χ3v) is 7.95. The first-order valence-electron chi connectivity index (χ1n) is 19.4. The number of allylic oxidation sites excluding steroid dienone is 2. The van der Waals surface area contributed by atoms with Crippen molar-refractivity contribution in [3.05, 3.63) is 59.7 Å². The molecule has 0 saturated heterocycles. The van der Waals surface area contributed by atoms with Gasteiger partial charge >= 0.3 is 29.6 Å². The van der Waals surface area contributed by atoms with E-state index in [1.54, 1.807) is 0 Å². The van der Waals surface area contributed by atoms with Crippen LogP contribution in [0.5, 0.6) is 23.0 Å². The molecular weight excluding hydrogens is 657 g/mol. The van der Waals surface area contributed by atoms with Gasteiger partial charge in [0.2, 0.25) is 0 Å². The predicted molar refractivity (Wildman–Crippen MR) is 188 cm³/mol. The predicted octanol–water partition coefficient (Wildman–Crippen LogP) is 3.88. The summed E-state index contributed by atoms with van der Waals surface area (Å²) in [6, 6.07) is 6.68. The van der Waals surface area contributed by atoms with Crippen molar-refractivity contribution < 1.29 is 83.6 Å². The van der Waals surface area contributed by atoms with Gasteiger partial charge in [0.05, 0.1) is 54.9 Å². The topological polar surface area (TPSA) is 142 Å². The van der Waals surface area contributed by atoms with Gasteiger partial charge in [-0.25, -0.2) is 8.42 Å². The molecule has 0 fully saturated rings. The maximum atomic E-state index is 12.1. The first-order chi connectivity index (χ1) is 25.1. The molecule has 2 aromatic carbocycles. The quantitative estimate of drug-likeness (QED) is 0.0443. The zero-order valence-electron chi connectivity index (χ0n) is 35.5. The minimum atomic E-state index is -5.22. The van der Waals surface area contributed by atoms with Crippen molar-refractivity contribution in [2.45, 2.75) is 85.5 Å². The average molecular weight is 718 g/mol. The van der Waals surface area contributed by atoms with Gasteiger partial charge in [-0.3, -0.25) is 9.59 Å². The Bertz CT molecular complexity index is 1610. The third-order valence-electron chi connectivity index (χ3n) is 7.56. The van der Waals surface area contributed by atoms with Crippen molar-refractivity contribution in [3.63, 3.8) is 0 Å². The molecule has 10 nitrogen and oxygen atoms in total. The molecule has 0 N–H and O–H groups in total. The Hall–Kier alpha value is -2.67. The fourth-order valence-electron chi connectivity index (χ4n) is 4.91. The normalized spacial score (nSPS) is 13.8. The van der Waals surface area contributed by atoms with Crippen LogP contribution in [0.1, 0.15) is 105 Å². The van der Waals surface area contributed by atoms with Crippen LogP contribution in [0.2, 0.25) is 0 Å². The smallest absolute Gasteiger partial charge is 0.870 e. The van der Waals surface area contributed by atoms with E-state index in [0.29, 0.717) is 0 Å². The Morgan fingerprint density at radius 1 is 0.735 bits per heavy atom. The number of carbonyl (C=O) groups excluding carboxylic acids is 2. The average Bonchev–Trinajstić information content (AvgIpc) is 3.06. The van der Waals surface area contributed by atoms with Crippen LogP contribution >= 0.6 is 0 Å². The van der Waals surface area contributed by atoms with E-state index in [0.717, 1.165) is 36.4 Å². The Morgan fingerprint density at radius 2 is 1.16 bits per heavy atom. The molecule has 0 heterocycles. The summed E-state index contributed by atoms with van der Waals surface area (Å²) in [5.74, 6) is -3.65. The second-order valence-electron chi connectivity index (χ2n) is 11.5. The maximum Gasteiger partial charge on any atom is 1.00 e. The number of nitrogens with zero attached hydrogens (tertiary/aromatic N) is 1. The molecule has 2 aromatic rings. The number of benzene rings is 2. The molecule has 0 saturated carbocycles. The van der Waals surface area contributed by atoms with E-state index >= 15 is 0 Å². The van der Waals surface area contributed by atoms with E-state index in [4.69, 9.17) is 8.22 Å². The second-order valence-corrected chi connectivity index (χ2v) is 12.5. The number of unbranched alkanes of at least 4 members (excludes halogenated alkanes) is 4. The Labute approximate surface area is 324 Å². The van der Waals surface area contributed by atoms with Crippen LogP contribution in [0.4, 0.5) is 0 Å². The molecule has 0 aliphatic carbocycles. The molecule has 0 amide bonds. The molecular formula is C37H54NNaO9S. The number of ether oxygens (including phenoxy) is 2. The molecule has 0 unspecified atom stereocenters. The summed E-state index contributed by atoms with van der Waals surface area (Å²) < 4.78 is 89.9. The molecule has 0 aliphatic heterocycles. The number of hydrogen-bond acceptors (Lipinski definition) is 9. The van der Waals surface area contributed by atoms with Crippen molar-refractivity contribution >= 4 is 34.1 Å². The number of rotatable bonds is 22. The van der Waals surface area contributed by atoms with Gasteiger partial charge in [0.25, 0.3) is 10.4 Å². The molecule has 0 aromatic heterocycles.